The molecule has 1 aromatic rings. The summed E-state index contributed by atoms with van der Waals surface area (Å²) in [5, 5.41) is 0. The van der Waals surface area contributed by atoms with Crippen LogP contribution in [0.15, 0.2) is 47.6 Å². The zero-order valence-electron chi connectivity index (χ0n) is 15.0. The minimum absolute atomic E-state index is 0.241. The van der Waals surface area contributed by atoms with Crippen molar-refractivity contribution in [1.29, 1.82) is 0 Å². The van der Waals surface area contributed by atoms with Gasteiger partial charge >= 0.3 is 0 Å². The molecule has 1 unspecified atom stereocenters. The van der Waals surface area contributed by atoms with Crippen LogP contribution in [-0.4, -0.2) is 12.7 Å². The smallest absolute Gasteiger partial charge is 0.128 e. The van der Waals surface area contributed by atoms with Crippen LogP contribution in [0.5, 0.6) is 11.5 Å². The number of hydrogen-bond acceptors (Lipinski definition) is 2. The lowest BCUT2D eigenvalue weighted by Gasteiger charge is -2.31. The normalized spacial score (nSPS) is 19.8. The fourth-order valence-electron chi connectivity index (χ4n) is 2.62. The average Bonchev–Trinajstić information content (AvgIpc) is 2.52. The monoisotopic (exact) mass is 312 g/mol. The molecule has 1 aliphatic heterocycles. The molecule has 0 N–H and O–H groups in total. The van der Waals surface area contributed by atoms with Crippen LogP contribution in [0, 0.1) is 0 Å². The van der Waals surface area contributed by atoms with Crippen LogP contribution in [0.1, 0.15) is 52.5 Å². The molecule has 0 aromatic heterocycles. The van der Waals surface area contributed by atoms with E-state index in [4.69, 9.17) is 9.47 Å². The van der Waals surface area contributed by atoms with E-state index in [1.807, 2.05) is 18.2 Å². The third-order valence-electron chi connectivity index (χ3n) is 4.14. The summed E-state index contributed by atoms with van der Waals surface area (Å²) >= 11 is 0. The summed E-state index contributed by atoms with van der Waals surface area (Å²) in [5.74, 6) is 1.79. The van der Waals surface area contributed by atoms with Gasteiger partial charge in [-0.15, -0.1) is 0 Å². The number of methoxy groups -OCH3 is 1. The molecule has 0 amide bonds. The van der Waals surface area contributed by atoms with Crippen molar-refractivity contribution in [2.45, 2.75) is 52.6 Å². The van der Waals surface area contributed by atoms with Crippen LogP contribution in [0.25, 0.3) is 6.08 Å². The predicted molar refractivity (Wildman–Crippen MR) is 98.1 cm³/mol. The van der Waals surface area contributed by atoms with Crippen molar-refractivity contribution in [3.63, 3.8) is 0 Å². The van der Waals surface area contributed by atoms with E-state index in [0.29, 0.717) is 0 Å². The Labute approximate surface area is 140 Å². The molecule has 23 heavy (non-hydrogen) atoms. The molecule has 1 heterocycles. The van der Waals surface area contributed by atoms with Crippen molar-refractivity contribution in [3.05, 3.63) is 53.1 Å². The van der Waals surface area contributed by atoms with Gasteiger partial charge in [0.2, 0.25) is 0 Å². The molecule has 0 saturated heterocycles. The highest BCUT2D eigenvalue weighted by Crippen LogP contribution is 2.35. The van der Waals surface area contributed by atoms with Gasteiger partial charge in [0.1, 0.15) is 17.1 Å². The highest BCUT2D eigenvalue weighted by atomic mass is 16.5. The maximum atomic E-state index is 6.22. The van der Waals surface area contributed by atoms with Crippen LogP contribution in [0.3, 0.4) is 0 Å². The fourth-order valence-corrected chi connectivity index (χ4v) is 2.62. The molecule has 0 fully saturated rings. The summed E-state index contributed by atoms with van der Waals surface area (Å²) in [5.41, 5.74) is 3.63. The van der Waals surface area contributed by atoms with Gasteiger partial charge in [0, 0.05) is 5.56 Å². The summed E-state index contributed by atoms with van der Waals surface area (Å²) in [6.45, 7) is 8.62. The summed E-state index contributed by atoms with van der Waals surface area (Å²) in [6.07, 6.45) is 11.9. The molecule has 2 rings (SSSR count). The van der Waals surface area contributed by atoms with E-state index in [-0.39, 0.29) is 5.60 Å². The van der Waals surface area contributed by atoms with Gasteiger partial charge in [-0.3, -0.25) is 0 Å². The minimum Gasteiger partial charge on any atom is -0.497 e. The summed E-state index contributed by atoms with van der Waals surface area (Å²) in [6, 6.07) is 5.95. The average molecular weight is 312 g/mol. The third-order valence-corrected chi connectivity index (χ3v) is 4.14. The number of allylic oxidation sites excluding steroid dienone is 4. The zero-order chi connectivity index (χ0) is 16.9. The molecule has 2 heteroatoms. The first-order valence-electron chi connectivity index (χ1n) is 8.27. The number of rotatable bonds is 6. The number of hydrogen-bond donors (Lipinski definition) is 0. The SMILES string of the molecule is COc1ccc2c(c1)C=CC(C)(CC/C=C(\C)CC=C(C)C)O2. The van der Waals surface area contributed by atoms with Gasteiger partial charge in [-0.1, -0.05) is 29.4 Å². The van der Waals surface area contributed by atoms with Crippen LogP contribution in [0.2, 0.25) is 0 Å². The van der Waals surface area contributed by atoms with Gasteiger partial charge in [-0.2, -0.15) is 0 Å². The summed E-state index contributed by atoms with van der Waals surface area (Å²) in [7, 11) is 1.68. The Morgan fingerprint density at radius 1 is 1.22 bits per heavy atom. The van der Waals surface area contributed by atoms with Gasteiger partial charge in [-0.25, -0.2) is 0 Å². The van der Waals surface area contributed by atoms with Crippen LogP contribution in [-0.2, 0) is 0 Å². The molecular formula is C21H28O2. The van der Waals surface area contributed by atoms with Crippen molar-refractivity contribution in [1.82, 2.24) is 0 Å². The molecule has 0 saturated carbocycles. The van der Waals surface area contributed by atoms with E-state index in [1.54, 1.807) is 7.11 Å². The first-order chi connectivity index (χ1) is 10.9. The molecule has 1 aromatic carbocycles. The number of fused-ring (bicyclic) bond motifs is 1. The Morgan fingerprint density at radius 3 is 2.70 bits per heavy atom. The van der Waals surface area contributed by atoms with Gasteiger partial charge in [0.05, 0.1) is 7.11 Å². The standard InChI is InChI=1S/C21H28O2/c1-16(2)8-9-17(3)7-6-13-21(4)14-12-18-15-19(22-5)10-11-20(18)23-21/h7-8,10-12,14-15H,6,9,13H2,1-5H3/b17-7+. The van der Waals surface area contributed by atoms with Crippen LogP contribution >= 0.6 is 0 Å². The number of benzene rings is 1. The zero-order valence-corrected chi connectivity index (χ0v) is 15.0. The predicted octanol–water partition coefficient (Wildman–Crippen LogP) is 5.94. The van der Waals surface area contributed by atoms with Crippen LogP contribution in [0.4, 0.5) is 0 Å². The van der Waals surface area contributed by atoms with E-state index in [9.17, 15) is 0 Å². The second-order valence-corrected chi connectivity index (χ2v) is 6.73. The van der Waals surface area contributed by atoms with Crippen LogP contribution < -0.4 is 9.47 Å². The summed E-state index contributed by atoms with van der Waals surface area (Å²) < 4.78 is 11.5. The Kier molecular flexibility index (Phi) is 5.70. The van der Waals surface area contributed by atoms with Crippen molar-refractivity contribution in [3.8, 4) is 11.5 Å². The van der Waals surface area contributed by atoms with Gasteiger partial charge in [-0.05, 0) is 71.2 Å². The minimum atomic E-state index is -0.241. The van der Waals surface area contributed by atoms with E-state index < -0.39 is 0 Å². The fraction of sp³-hybridized carbons (Fsp3) is 0.429. The number of ether oxygens (including phenoxy) is 2. The second-order valence-electron chi connectivity index (χ2n) is 6.73. The molecule has 2 nitrogen and oxygen atoms in total. The van der Waals surface area contributed by atoms with Gasteiger partial charge in [0.25, 0.3) is 0 Å². The molecule has 1 aliphatic rings. The third kappa shape index (κ3) is 5.02. The Balaban J connectivity index is 1.97. The first kappa shape index (κ1) is 17.4. The molecule has 0 aliphatic carbocycles. The Morgan fingerprint density at radius 2 is 2.00 bits per heavy atom. The maximum Gasteiger partial charge on any atom is 0.128 e. The van der Waals surface area contributed by atoms with E-state index in [0.717, 1.165) is 36.3 Å². The molecule has 0 spiro atoms. The van der Waals surface area contributed by atoms with Gasteiger partial charge < -0.3 is 9.47 Å². The lowest BCUT2D eigenvalue weighted by molar-refractivity contribution is 0.128. The van der Waals surface area contributed by atoms with E-state index in [1.165, 1.54) is 11.1 Å². The highest BCUT2D eigenvalue weighted by Gasteiger charge is 2.26. The van der Waals surface area contributed by atoms with E-state index >= 15 is 0 Å². The Bertz CT molecular complexity index is 633. The quantitative estimate of drug-likeness (QED) is 0.605. The maximum absolute atomic E-state index is 6.22. The second kappa shape index (κ2) is 7.54. The van der Waals surface area contributed by atoms with Crippen molar-refractivity contribution in [2.24, 2.45) is 0 Å². The van der Waals surface area contributed by atoms with Gasteiger partial charge in [0.15, 0.2) is 0 Å². The lowest BCUT2D eigenvalue weighted by Crippen LogP contribution is -2.31. The molecule has 124 valence electrons. The molecule has 0 radical (unpaired) electrons. The molecule has 1 atom stereocenters. The van der Waals surface area contributed by atoms with Crippen molar-refractivity contribution < 1.29 is 9.47 Å². The Hall–Kier alpha value is -1.96. The summed E-state index contributed by atoms with van der Waals surface area (Å²) in [4.78, 5) is 0. The van der Waals surface area contributed by atoms with Crippen molar-refractivity contribution >= 4 is 6.08 Å². The topological polar surface area (TPSA) is 18.5 Å². The molecule has 0 bridgehead atoms. The van der Waals surface area contributed by atoms with Crippen molar-refractivity contribution in [2.75, 3.05) is 7.11 Å². The molecular weight excluding hydrogens is 284 g/mol. The largest absolute Gasteiger partial charge is 0.497 e. The highest BCUT2D eigenvalue weighted by molar-refractivity contribution is 5.62. The lowest BCUT2D eigenvalue weighted by atomic mass is 9.94. The van der Waals surface area contributed by atoms with E-state index in [2.05, 4.69) is 52.0 Å². The first-order valence-corrected chi connectivity index (χ1v) is 8.27.